The highest BCUT2D eigenvalue weighted by Crippen LogP contribution is 2.36. The van der Waals surface area contributed by atoms with Crippen molar-refractivity contribution >= 4 is 49.9 Å². The van der Waals surface area contributed by atoms with Crippen molar-refractivity contribution < 1.29 is 0 Å². The van der Waals surface area contributed by atoms with Gasteiger partial charge in [0, 0.05) is 12.7 Å². The average molecular weight is 356 g/mol. The van der Waals surface area contributed by atoms with Crippen LogP contribution < -0.4 is 11.3 Å². The molecule has 2 N–H and O–H groups in total. The Morgan fingerprint density at radius 2 is 2.12 bits per heavy atom. The molecule has 0 radical (unpaired) electrons. The van der Waals surface area contributed by atoms with Gasteiger partial charge in [0.1, 0.15) is 0 Å². The normalized spacial score (nSPS) is 11.6. The minimum Gasteiger partial charge on any atom is -0.399 e. The fourth-order valence-corrected chi connectivity index (χ4v) is 4.72. The minimum atomic E-state index is -0.0602. The monoisotopic (exact) mass is 356 g/mol. The Balaban J connectivity index is 1.92. The van der Waals surface area contributed by atoms with Crippen LogP contribution in [0.1, 0.15) is 5.56 Å². The molecule has 0 saturated heterocycles. The van der Waals surface area contributed by atoms with Gasteiger partial charge in [-0.05, 0) is 30.0 Å². The lowest BCUT2D eigenvalue weighted by Crippen LogP contribution is -2.23. The first-order valence-electron chi connectivity index (χ1n) is 7.45. The number of aromatic nitrogens is 3. The topological polar surface area (TPSA) is 65.8 Å². The van der Waals surface area contributed by atoms with Gasteiger partial charge in [0.05, 0.1) is 38.1 Å². The third-order valence-electron chi connectivity index (χ3n) is 4.15. The largest absolute Gasteiger partial charge is 0.399 e. The van der Waals surface area contributed by atoms with Crippen LogP contribution in [0.4, 0.5) is 5.69 Å². The van der Waals surface area contributed by atoms with Crippen molar-refractivity contribution in [3.05, 3.63) is 52.4 Å². The molecule has 0 saturated carbocycles. The maximum absolute atomic E-state index is 13.0. The molecule has 24 heavy (non-hydrogen) atoms. The molecule has 0 atom stereocenters. The van der Waals surface area contributed by atoms with Gasteiger partial charge in [-0.1, -0.05) is 12.1 Å². The van der Waals surface area contributed by atoms with Crippen molar-refractivity contribution in [2.45, 2.75) is 10.8 Å². The molecule has 0 unspecified atom stereocenters. The third kappa shape index (κ3) is 2.32. The zero-order chi connectivity index (χ0) is 16.8. The van der Waals surface area contributed by atoms with Crippen molar-refractivity contribution in [3.63, 3.8) is 0 Å². The number of hydrogen-bond donors (Lipinski definition) is 1. The quantitative estimate of drug-likeness (QED) is 0.452. The Kier molecular flexibility index (Phi) is 3.62. The Labute approximate surface area is 146 Å². The smallest absolute Gasteiger partial charge is 0.277 e. The predicted molar refractivity (Wildman–Crippen MR) is 102 cm³/mol. The number of rotatable bonds is 3. The van der Waals surface area contributed by atoms with Gasteiger partial charge in [0.2, 0.25) is 0 Å². The first-order chi connectivity index (χ1) is 11.6. The molecular weight excluding hydrogens is 340 g/mol. The van der Waals surface area contributed by atoms with Crippen LogP contribution in [0.5, 0.6) is 0 Å². The summed E-state index contributed by atoms with van der Waals surface area (Å²) < 4.78 is 5.79. The van der Waals surface area contributed by atoms with Crippen LogP contribution in [0.2, 0.25) is 0 Å². The summed E-state index contributed by atoms with van der Waals surface area (Å²) in [5.41, 5.74) is 9.37. The second-order valence-electron chi connectivity index (χ2n) is 5.66. The Bertz CT molecular complexity index is 1120. The van der Waals surface area contributed by atoms with Crippen LogP contribution in [0.15, 0.2) is 45.5 Å². The van der Waals surface area contributed by atoms with Crippen molar-refractivity contribution in [1.82, 2.24) is 14.3 Å². The van der Waals surface area contributed by atoms with Crippen LogP contribution >= 0.6 is 23.1 Å². The summed E-state index contributed by atoms with van der Waals surface area (Å²) in [6.45, 7) is 0.414. The van der Waals surface area contributed by atoms with E-state index in [0.29, 0.717) is 12.2 Å². The van der Waals surface area contributed by atoms with Gasteiger partial charge in [0.15, 0.2) is 0 Å². The molecule has 4 rings (SSSR count). The molecule has 3 aromatic heterocycles. The molecule has 0 spiro atoms. The Morgan fingerprint density at radius 3 is 2.88 bits per heavy atom. The number of aryl methyl sites for hydroxylation is 1. The number of thioether (sulfide) groups is 1. The van der Waals surface area contributed by atoms with Crippen LogP contribution in [0.3, 0.4) is 0 Å². The second-order valence-corrected chi connectivity index (χ2v) is 7.81. The first kappa shape index (κ1) is 15.3. The summed E-state index contributed by atoms with van der Waals surface area (Å²) in [5, 5.41) is 5.10. The number of nitrogen functional groups attached to an aromatic ring is 1. The van der Waals surface area contributed by atoms with Gasteiger partial charge in [0.25, 0.3) is 5.56 Å². The number of anilines is 1. The molecule has 0 aliphatic heterocycles. The summed E-state index contributed by atoms with van der Waals surface area (Å²) in [6, 6.07) is 9.67. The van der Waals surface area contributed by atoms with E-state index in [1.54, 1.807) is 29.3 Å². The summed E-state index contributed by atoms with van der Waals surface area (Å²) >= 11 is 3.36. The summed E-state index contributed by atoms with van der Waals surface area (Å²) in [6.07, 6.45) is 3.82. The van der Waals surface area contributed by atoms with Crippen molar-refractivity contribution in [1.29, 1.82) is 0 Å². The number of nitrogens with two attached hydrogens (primary N) is 1. The van der Waals surface area contributed by atoms with E-state index in [-0.39, 0.29) is 5.56 Å². The van der Waals surface area contributed by atoms with Crippen molar-refractivity contribution in [2.24, 2.45) is 7.05 Å². The van der Waals surface area contributed by atoms with Crippen molar-refractivity contribution in [2.75, 3.05) is 12.0 Å². The molecule has 0 fully saturated rings. The van der Waals surface area contributed by atoms with Gasteiger partial charge in [-0.15, -0.1) is 23.1 Å². The summed E-state index contributed by atoms with van der Waals surface area (Å²) in [7, 11) is 1.98. The summed E-state index contributed by atoms with van der Waals surface area (Å²) in [4.78, 5) is 13.0. The fraction of sp³-hybridized carbons (Fsp3) is 0.176. The zero-order valence-electron chi connectivity index (χ0n) is 13.3. The molecule has 122 valence electrons. The molecule has 0 bridgehead atoms. The lowest BCUT2D eigenvalue weighted by Gasteiger charge is -2.06. The molecular formula is C17H16N4OS2. The highest BCUT2D eigenvalue weighted by atomic mass is 32.2. The second kappa shape index (κ2) is 5.68. The maximum atomic E-state index is 13.0. The SMILES string of the molecule is CSc1cc2c(s1)c1c(=O)n(Cc3cccc(N)c3)ncc1n2C. The van der Waals surface area contributed by atoms with Crippen LogP contribution in [0.25, 0.3) is 21.1 Å². The Morgan fingerprint density at radius 1 is 1.29 bits per heavy atom. The molecule has 3 heterocycles. The van der Waals surface area contributed by atoms with E-state index in [4.69, 9.17) is 5.73 Å². The van der Waals surface area contributed by atoms with Crippen molar-refractivity contribution in [3.8, 4) is 0 Å². The van der Waals surface area contributed by atoms with E-state index in [1.807, 2.05) is 42.1 Å². The van der Waals surface area contributed by atoms with Gasteiger partial charge in [-0.2, -0.15) is 5.10 Å². The average Bonchev–Trinajstić information content (AvgIpc) is 3.09. The Hall–Kier alpha value is -2.25. The molecule has 0 amide bonds. The highest BCUT2D eigenvalue weighted by Gasteiger charge is 2.17. The van der Waals surface area contributed by atoms with Crippen LogP contribution in [-0.4, -0.2) is 20.6 Å². The molecule has 7 heteroatoms. The van der Waals surface area contributed by atoms with Gasteiger partial charge in [-0.25, -0.2) is 4.68 Å². The number of nitrogens with zero attached hydrogens (tertiary/aromatic N) is 3. The van der Waals surface area contributed by atoms with Gasteiger partial charge >= 0.3 is 0 Å². The fourth-order valence-electron chi connectivity index (χ4n) is 2.94. The van der Waals surface area contributed by atoms with E-state index in [2.05, 4.69) is 11.2 Å². The van der Waals surface area contributed by atoms with E-state index >= 15 is 0 Å². The van der Waals surface area contributed by atoms with Gasteiger partial charge < -0.3 is 10.3 Å². The van der Waals surface area contributed by atoms with Crippen LogP contribution in [-0.2, 0) is 13.6 Å². The lowest BCUT2D eigenvalue weighted by molar-refractivity contribution is 0.646. The third-order valence-corrected chi connectivity index (χ3v) is 6.35. The highest BCUT2D eigenvalue weighted by molar-refractivity contribution is 8.00. The number of fused-ring (bicyclic) bond motifs is 3. The standard InChI is InChI=1S/C17H16N4OS2/c1-20-12-7-14(23-2)24-16(12)15-13(20)8-19-21(17(15)22)9-10-4-3-5-11(18)6-10/h3-8H,9,18H2,1-2H3. The molecule has 4 aromatic rings. The number of hydrogen-bond acceptors (Lipinski definition) is 5. The zero-order valence-corrected chi connectivity index (χ0v) is 14.9. The molecule has 5 nitrogen and oxygen atoms in total. The summed E-state index contributed by atoms with van der Waals surface area (Å²) in [5.74, 6) is 0. The maximum Gasteiger partial charge on any atom is 0.277 e. The van der Waals surface area contributed by atoms with E-state index in [0.717, 1.165) is 26.7 Å². The molecule has 0 aliphatic carbocycles. The minimum absolute atomic E-state index is 0.0602. The number of thiophene rings is 1. The van der Waals surface area contributed by atoms with E-state index in [9.17, 15) is 4.79 Å². The first-order valence-corrected chi connectivity index (χ1v) is 9.49. The van der Waals surface area contributed by atoms with E-state index in [1.165, 1.54) is 8.89 Å². The van der Waals surface area contributed by atoms with Gasteiger partial charge in [-0.3, -0.25) is 4.79 Å². The van der Waals surface area contributed by atoms with Crippen LogP contribution in [0, 0.1) is 0 Å². The molecule has 0 aliphatic rings. The van der Waals surface area contributed by atoms with E-state index < -0.39 is 0 Å². The number of benzene rings is 1. The predicted octanol–water partition coefficient (Wildman–Crippen LogP) is 3.30. The lowest BCUT2D eigenvalue weighted by atomic mass is 10.2. The molecule has 1 aromatic carbocycles.